The Hall–Kier alpha value is -1.66. The molecule has 2 heterocycles. The number of carboxylic acid groups (broad SMARTS) is 1. The number of halogens is 1. The van der Waals surface area contributed by atoms with Gasteiger partial charge in [0.05, 0.1) is 23.0 Å². The Morgan fingerprint density at radius 2 is 1.95 bits per heavy atom. The van der Waals surface area contributed by atoms with Crippen molar-refractivity contribution in [3.63, 3.8) is 0 Å². The second-order valence-corrected chi connectivity index (χ2v) is 5.24. The summed E-state index contributed by atoms with van der Waals surface area (Å²) < 4.78 is 0. The van der Waals surface area contributed by atoms with Gasteiger partial charge >= 0.3 is 5.97 Å². The highest BCUT2D eigenvalue weighted by molar-refractivity contribution is 7.99. The topological polar surface area (TPSA) is 76.0 Å². The van der Waals surface area contributed by atoms with Gasteiger partial charge < -0.3 is 5.11 Å². The Balaban J connectivity index is 2.44. The van der Waals surface area contributed by atoms with Crippen LogP contribution in [0.1, 0.15) is 21.6 Å². The number of aromatic carboxylic acids is 1. The number of nitrogens with zero attached hydrogens (tertiary/aromatic N) is 3. The van der Waals surface area contributed by atoms with Gasteiger partial charge in [0.25, 0.3) is 0 Å². The fraction of sp³-hybridized carbons (Fsp3) is 0.167. The summed E-state index contributed by atoms with van der Waals surface area (Å²) >= 11 is 6.81. The van der Waals surface area contributed by atoms with E-state index in [9.17, 15) is 9.90 Å². The fourth-order valence-corrected chi connectivity index (χ4v) is 2.60. The molecule has 2 rings (SSSR count). The van der Waals surface area contributed by atoms with Crippen molar-refractivity contribution in [3.05, 3.63) is 40.3 Å². The summed E-state index contributed by atoms with van der Waals surface area (Å²) in [7, 11) is 0. The maximum Gasteiger partial charge on any atom is 0.338 e. The molecule has 7 heteroatoms. The minimum absolute atomic E-state index is 0.175. The molecule has 1 N–H and O–H groups in total. The van der Waals surface area contributed by atoms with Gasteiger partial charge in [0, 0.05) is 5.69 Å². The smallest absolute Gasteiger partial charge is 0.338 e. The quantitative estimate of drug-likeness (QED) is 0.877. The van der Waals surface area contributed by atoms with Crippen LogP contribution in [0.25, 0.3) is 0 Å². The highest BCUT2D eigenvalue weighted by atomic mass is 35.5. The van der Waals surface area contributed by atoms with E-state index in [1.807, 2.05) is 6.92 Å². The molecule has 2 aromatic rings. The van der Waals surface area contributed by atoms with Gasteiger partial charge in [-0.05, 0) is 37.2 Å². The van der Waals surface area contributed by atoms with Crippen molar-refractivity contribution in [1.29, 1.82) is 0 Å². The monoisotopic (exact) mass is 295 g/mol. The molecule has 98 valence electrons. The van der Waals surface area contributed by atoms with E-state index in [0.29, 0.717) is 20.8 Å². The van der Waals surface area contributed by atoms with Gasteiger partial charge in [0.15, 0.2) is 5.16 Å². The van der Waals surface area contributed by atoms with Crippen LogP contribution in [0.4, 0.5) is 0 Å². The summed E-state index contributed by atoms with van der Waals surface area (Å²) in [4.78, 5) is 23.6. The van der Waals surface area contributed by atoms with Crippen molar-refractivity contribution in [2.45, 2.75) is 24.0 Å². The molecule has 0 bridgehead atoms. The minimum atomic E-state index is -1.01. The summed E-state index contributed by atoms with van der Waals surface area (Å²) in [5.74, 6) is -1.01. The van der Waals surface area contributed by atoms with Crippen molar-refractivity contribution < 1.29 is 9.90 Å². The van der Waals surface area contributed by atoms with Crippen LogP contribution in [0.3, 0.4) is 0 Å². The number of hydrogen-bond donors (Lipinski definition) is 1. The first-order chi connectivity index (χ1) is 8.97. The standard InChI is InChI=1S/C12H10ClN3O2S/c1-6-3-7(2)16-10(9(6)11(17)18)19-12-14-4-8(13)5-15-12/h3-5H,1-2H3,(H,17,18). The lowest BCUT2D eigenvalue weighted by atomic mass is 10.1. The minimum Gasteiger partial charge on any atom is -0.478 e. The lowest BCUT2D eigenvalue weighted by Crippen LogP contribution is -2.05. The molecule has 0 atom stereocenters. The molecule has 5 nitrogen and oxygen atoms in total. The lowest BCUT2D eigenvalue weighted by molar-refractivity contribution is 0.0691. The third-order valence-corrected chi connectivity index (χ3v) is 3.39. The molecule has 0 saturated heterocycles. The van der Waals surface area contributed by atoms with Crippen LogP contribution in [0.15, 0.2) is 28.6 Å². The first-order valence-corrected chi connectivity index (χ1v) is 6.53. The van der Waals surface area contributed by atoms with E-state index in [0.717, 1.165) is 17.5 Å². The third kappa shape index (κ3) is 3.21. The van der Waals surface area contributed by atoms with Gasteiger partial charge in [-0.1, -0.05) is 11.6 Å². The highest BCUT2D eigenvalue weighted by Gasteiger charge is 2.17. The van der Waals surface area contributed by atoms with Crippen LogP contribution in [0.5, 0.6) is 0 Å². The first-order valence-electron chi connectivity index (χ1n) is 5.34. The Morgan fingerprint density at radius 1 is 1.32 bits per heavy atom. The van der Waals surface area contributed by atoms with Crippen molar-refractivity contribution in [1.82, 2.24) is 15.0 Å². The molecule has 0 saturated carbocycles. The number of carbonyl (C=O) groups is 1. The molecular weight excluding hydrogens is 286 g/mol. The zero-order valence-corrected chi connectivity index (χ0v) is 11.8. The molecule has 0 amide bonds. The molecule has 0 fully saturated rings. The number of rotatable bonds is 3. The molecule has 0 aliphatic rings. The second kappa shape index (κ2) is 5.54. The molecule has 0 aromatic carbocycles. The van der Waals surface area contributed by atoms with E-state index in [2.05, 4.69) is 15.0 Å². The van der Waals surface area contributed by atoms with Gasteiger partial charge in [-0.3, -0.25) is 0 Å². The Morgan fingerprint density at radius 3 is 2.53 bits per heavy atom. The van der Waals surface area contributed by atoms with Crippen LogP contribution in [0, 0.1) is 13.8 Å². The van der Waals surface area contributed by atoms with E-state index in [4.69, 9.17) is 11.6 Å². The van der Waals surface area contributed by atoms with Crippen molar-refractivity contribution in [2.75, 3.05) is 0 Å². The average molecular weight is 296 g/mol. The molecule has 0 aliphatic heterocycles. The van der Waals surface area contributed by atoms with Crippen LogP contribution >= 0.6 is 23.4 Å². The summed E-state index contributed by atoms with van der Waals surface area (Å²) in [6, 6.07) is 1.73. The zero-order valence-electron chi connectivity index (χ0n) is 10.2. The maximum atomic E-state index is 11.3. The van der Waals surface area contributed by atoms with Crippen LogP contribution < -0.4 is 0 Å². The first kappa shape index (κ1) is 13.8. The number of aromatic nitrogens is 3. The van der Waals surface area contributed by atoms with E-state index in [-0.39, 0.29) is 5.56 Å². The predicted molar refractivity (Wildman–Crippen MR) is 71.8 cm³/mol. The molecule has 0 radical (unpaired) electrons. The number of aryl methyl sites for hydroxylation is 2. The summed E-state index contributed by atoms with van der Waals surface area (Å²) in [6.07, 6.45) is 2.92. The molecule has 19 heavy (non-hydrogen) atoms. The average Bonchev–Trinajstić information content (AvgIpc) is 2.30. The number of pyridine rings is 1. The molecule has 2 aromatic heterocycles. The molecule has 0 unspecified atom stereocenters. The maximum absolute atomic E-state index is 11.3. The van der Waals surface area contributed by atoms with Gasteiger partial charge in [-0.25, -0.2) is 19.7 Å². The second-order valence-electron chi connectivity index (χ2n) is 3.85. The zero-order chi connectivity index (χ0) is 14.0. The highest BCUT2D eigenvalue weighted by Crippen LogP contribution is 2.28. The van der Waals surface area contributed by atoms with Crippen LogP contribution in [-0.4, -0.2) is 26.0 Å². The summed E-state index contributed by atoms with van der Waals surface area (Å²) in [5.41, 5.74) is 1.59. The Bertz CT molecular complexity index is 632. The summed E-state index contributed by atoms with van der Waals surface area (Å²) in [6.45, 7) is 3.55. The summed E-state index contributed by atoms with van der Waals surface area (Å²) in [5, 5.41) is 10.5. The molecule has 0 spiro atoms. The molecular formula is C12H10ClN3O2S. The Labute approximate surface area is 119 Å². The van der Waals surface area contributed by atoms with E-state index in [1.165, 1.54) is 12.4 Å². The van der Waals surface area contributed by atoms with Crippen molar-refractivity contribution in [2.24, 2.45) is 0 Å². The number of carboxylic acids is 1. The Kier molecular flexibility index (Phi) is 4.01. The third-order valence-electron chi connectivity index (χ3n) is 2.31. The molecule has 0 aliphatic carbocycles. The van der Waals surface area contributed by atoms with Gasteiger partial charge in [-0.2, -0.15) is 0 Å². The fourth-order valence-electron chi connectivity index (χ4n) is 1.58. The number of hydrogen-bond acceptors (Lipinski definition) is 5. The van der Waals surface area contributed by atoms with E-state index >= 15 is 0 Å². The van der Waals surface area contributed by atoms with E-state index in [1.54, 1.807) is 13.0 Å². The SMILES string of the molecule is Cc1cc(C)c(C(=O)O)c(Sc2ncc(Cl)cn2)n1. The van der Waals surface area contributed by atoms with Gasteiger partial charge in [0.2, 0.25) is 0 Å². The normalized spacial score (nSPS) is 10.5. The lowest BCUT2D eigenvalue weighted by Gasteiger charge is -2.08. The predicted octanol–water partition coefficient (Wildman–Crippen LogP) is 2.99. The largest absolute Gasteiger partial charge is 0.478 e. The van der Waals surface area contributed by atoms with Crippen molar-refractivity contribution in [3.8, 4) is 0 Å². The van der Waals surface area contributed by atoms with E-state index < -0.39 is 5.97 Å². The van der Waals surface area contributed by atoms with Crippen molar-refractivity contribution >= 4 is 29.3 Å². The van der Waals surface area contributed by atoms with Gasteiger partial charge in [0.1, 0.15) is 5.03 Å². The van der Waals surface area contributed by atoms with Crippen LogP contribution in [-0.2, 0) is 0 Å². The van der Waals surface area contributed by atoms with Gasteiger partial charge in [-0.15, -0.1) is 0 Å². The van der Waals surface area contributed by atoms with Crippen LogP contribution in [0.2, 0.25) is 5.02 Å².